The third-order valence-electron chi connectivity index (χ3n) is 9.75. The van der Waals surface area contributed by atoms with Crippen LogP contribution in [0.15, 0.2) is 88.3 Å². The summed E-state index contributed by atoms with van der Waals surface area (Å²) in [5, 5.41) is 6.19. The highest BCUT2D eigenvalue weighted by Gasteiger charge is 2.49. The van der Waals surface area contributed by atoms with Crippen molar-refractivity contribution in [2.45, 2.75) is 50.6 Å². The van der Waals surface area contributed by atoms with Gasteiger partial charge in [-0.05, 0) is 73.2 Å². The van der Waals surface area contributed by atoms with Gasteiger partial charge in [0.2, 0.25) is 11.8 Å². The fraction of sp³-hybridized carbons (Fsp3) is 0.361. The Morgan fingerprint density at radius 3 is 2.71 bits per heavy atom. The number of carbonyl (C=O) groups is 2. The van der Waals surface area contributed by atoms with Crippen molar-refractivity contribution in [3.8, 4) is 5.75 Å². The van der Waals surface area contributed by atoms with Gasteiger partial charge >= 0.3 is 0 Å². The van der Waals surface area contributed by atoms with Gasteiger partial charge in [-0.1, -0.05) is 24.3 Å². The first kappa shape index (κ1) is 29.0. The number of nitrogens with one attached hydrogen (secondary N) is 2. The lowest BCUT2D eigenvalue weighted by Gasteiger charge is -2.54. The lowest BCUT2D eigenvalue weighted by molar-refractivity contribution is -0.126. The summed E-state index contributed by atoms with van der Waals surface area (Å²) in [6.45, 7) is 3.40. The van der Waals surface area contributed by atoms with E-state index < -0.39 is 0 Å². The van der Waals surface area contributed by atoms with E-state index in [1.807, 2.05) is 59.2 Å². The number of anilines is 2. The van der Waals surface area contributed by atoms with Gasteiger partial charge in [0.25, 0.3) is 5.56 Å². The van der Waals surface area contributed by atoms with E-state index in [0.29, 0.717) is 31.8 Å². The monoisotopic (exact) mass is 606 g/mol. The highest BCUT2D eigenvalue weighted by molar-refractivity contribution is 5.89. The van der Waals surface area contributed by atoms with Crippen molar-refractivity contribution in [2.24, 2.45) is 11.8 Å². The van der Waals surface area contributed by atoms with Crippen LogP contribution in [0, 0.1) is 11.8 Å². The van der Waals surface area contributed by atoms with E-state index in [0.717, 1.165) is 52.7 Å². The molecule has 5 heterocycles. The number of hydrogen-bond acceptors (Lipinski definition) is 6. The van der Waals surface area contributed by atoms with Crippen LogP contribution in [0.4, 0.5) is 11.4 Å². The number of rotatable bonds is 8. The van der Waals surface area contributed by atoms with Crippen LogP contribution in [0.1, 0.15) is 54.2 Å². The Morgan fingerprint density at radius 1 is 1.04 bits per heavy atom. The molecule has 9 heteroatoms. The number of nitrogens with zero attached hydrogens (tertiary/aromatic N) is 2. The molecule has 2 bridgehead atoms. The van der Waals surface area contributed by atoms with E-state index in [1.54, 1.807) is 19.4 Å². The molecule has 3 aliphatic rings. The number of fused-ring (bicyclic) bond motifs is 8. The first-order chi connectivity index (χ1) is 21.9. The Labute approximate surface area is 262 Å². The molecule has 2 N–H and O–H groups in total. The molecule has 7 rings (SSSR count). The predicted molar refractivity (Wildman–Crippen MR) is 172 cm³/mol. The van der Waals surface area contributed by atoms with Crippen LogP contribution in [0.3, 0.4) is 0 Å². The van der Waals surface area contributed by atoms with Crippen LogP contribution in [-0.2, 0) is 22.6 Å². The average molecular weight is 607 g/mol. The third kappa shape index (κ3) is 5.41. The molecule has 1 fully saturated rings. The van der Waals surface area contributed by atoms with E-state index >= 15 is 0 Å². The van der Waals surface area contributed by atoms with Gasteiger partial charge in [-0.25, -0.2) is 0 Å². The summed E-state index contributed by atoms with van der Waals surface area (Å²) >= 11 is 0. The molecular weight excluding hydrogens is 568 g/mol. The zero-order valence-corrected chi connectivity index (χ0v) is 25.6. The molecule has 0 aliphatic carbocycles. The normalized spacial score (nSPS) is 22.0. The maximum absolute atomic E-state index is 14.3. The van der Waals surface area contributed by atoms with Crippen molar-refractivity contribution >= 4 is 23.2 Å². The second-order valence-electron chi connectivity index (χ2n) is 12.5. The van der Waals surface area contributed by atoms with E-state index in [1.165, 1.54) is 6.92 Å². The van der Waals surface area contributed by atoms with Crippen LogP contribution in [0.25, 0.3) is 0 Å². The summed E-state index contributed by atoms with van der Waals surface area (Å²) in [4.78, 5) is 41.4. The topological polar surface area (TPSA) is 106 Å². The second-order valence-corrected chi connectivity index (χ2v) is 12.5. The lowest BCUT2D eigenvalue weighted by atomic mass is 9.69. The molecule has 5 atom stereocenters. The van der Waals surface area contributed by atoms with Crippen LogP contribution in [0.5, 0.6) is 5.75 Å². The summed E-state index contributed by atoms with van der Waals surface area (Å²) in [7, 11) is 1.66. The van der Waals surface area contributed by atoms with Crippen molar-refractivity contribution in [1.29, 1.82) is 0 Å². The van der Waals surface area contributed by atoms with Crippen LogP contribution in [-0.4, -0.2) is 42.6 Å². The van der Waals surface area contributed by atoms with Gasteiger partial charge in [0.15, 0.2) is 0 Å². The largest absolute Gasteiger partial charge is 0.496 e. The number of aromatic nitrogens is 1. The number of piperidine rings is 1. The van der Waals surface area contributed by atoms with Crippen molar-refractivity contribution in [3.63, 3.8) is 0 Å². The summed E-state index contributed by atoms with van der Waals surface area (Å²) < 4.78 is 13.4. The Hall–Kier alpha value is -4.79. The number of furan rings is 1. The molecule has 2 aromatic carbocycles. The molecular formula is C36H38N4O5. The summed E-state index contributed by atoms with van der Waals surface area (Å²) in [5.74, 6) is 1.38. The van der Waals surface area contributed by atoms with Crippen molar-refractivity contribution in [3.05, 3.63) is 112 Å². The zero-order chi connectivity index (χ0) is 31.1. The third-order valence-corrected chi connectivity index (χ3v) is 9.75. The van der Waals surface area contributed by atoms with Gasteiger partial charge in [0, 0.05) is 73.1 Å². The number of benzene rings is 2. The number of amides is 2. The van der Waals surface area contributed by atoms with Gasteiger partial charge in [-0.3, -0.25) is 14.4 Å². The second kappa shape index (κ2) is 12.0. The maximum Gasteiger partial charge on any atom is 0.250 e. The fourth-order valence-corrected chi connectivity index (χ4v) is 7.97. The summed E-state index contributed by atoms with van der Waals surface area (Å²) in [6.07, 6.45) is 3.79. The van der Waals surface area contributed by atoms with Gasteiger partial charge in [0.1, 0.15) is 11.5 Å². The van der Waals surface area contributed by atoms with Crippen LogP contribution in [0.2, 0.25) is 0 Å². The Kier molecular flexibility index (Phi) is 7.69. The van der Waals surface area contributed by atoms with Crippen LogP contribution < -0.4 is 25.8 Å². The Bertz CT molecular complexity index is 1780. The van der Waals surface area contributed by atoms with Crippen molar-refractivity contribution in [2.75, 3.05) is 30.4 Å². The number of para-hydroxylation sites is 1. The van der Waals surface area contributed by atoms with Gasteiger partial charge in [0.05, 0.1) is 19.3 Å². The Morgan fingerprint density at radius 2 is 1.91 bits per heavy atom. The van der Waals surface area contributed by atoms with E-state index in [9.17, 15) is 14.4 Å². The van der Waals surface area contributed by atoms with E-state index in [4.69, 9.17) is 9.15 Å². The molecule has 0 spiro atoms. The molecule has 0 radical (unpaired) electrons. The first-order valence-electron chi connectivity index (χ1n) is 15.7. The zero-order valence-electron chi connectivity index (χ0n) is 25.6. The maximum atomic E-state index is 14.3. The standard InChI is InChI=1S/C36H38N4O5/c1-22(41)38-25-12-13-30-24(18-25)19-29(35-28-17-23(21-40(30)35)20-39-31(28)8-5-11-34(39)42)36(43)37-15-14-27(33-10-6-16-45-33)26-7-3-4-9-32(26)44-2/h3-13,16,18,23,27-29,35H,14-15,17,19-21H2,1-2H3,(H,37,43)(H,38,41)/t23-,27?,28+,29?,35+/m0/s1. The first-order valence-corrected chi connectivity index (χ1v) is 15.7. The molecule has 0 saturated carbocycles. The quantitative estimate of drug-likeness (QED) is 0.295. The summed E-state index contributed by atoms with van der Waals surface area (Å²) in [5.41, 5.74) is 4.92. The van der Waals surface area contributed by atoms with Crippen LogP contribution >= 0.6 is 0 Å². The average Bonchev–Trinajstić information content (AvgIpc) is 3.57. The van der Waals surface area contributed by atoms with E-state index in [-0.39, 0.29) is 41.2 Å². The number of ether oxygens (including phenoxy) is 1. The Balaban J connectivity index is 1.19. The fourth-order valence-electron chi connectivity index (χ4n) is 7.97. The minimum absolute atomic E-state index is 0.00680. The van der Waals surface area contributed by atoms with Gasteiger partial charge in [-0.15, -0.1) is 0 Å². The minimum atomic E-state index is -0.341. The smallest absolute Gasteiger partial charge is 0.250 e. The van der Waals surface area contributed by atoms with Crippen molar-refractivity contribution < 1.29 is 18.7 Å². The molecule has 9 nitrogen and oxygen atoms in total. The number of pyridine rings is 1. The molecule has 232 valence electrons. The summed E-state index contributed by atoms with van der Waals surface area (Å²) in [6, 6.07) is 23.2. The highest BCUT2D eigenvalue weighted by Crippen LogP contribution is 2.48. The minimum Gasteiger partial charge on any atom is -0.496 e. The number of methoxy groups -OCH3 is 1. The van der Waals surface area contributed by atoms with E-state index in [2.05, 4.69) is 27.7 Å². The van der Waals surface area contributed by atoms with Crippen molar-refractivity contribution in [1.82, 2.24) is 9.88 Å². The molecule has 1 saturated heterocycles. The van der Waals surface area contributed by atoms with Gasteiger partial charge in [-0.2, -0.15) is 0 Å². The molecule has 3 aliphatic heterocycles. The van der Waals surface area contributed by atoms with Gasteiger partial charge < -0.3 is 29.3 Å². The lowest BCUT2D eigenvalue weighted by Crippen LogP contribution is -2.60. The number of hydrogen-bond donors (Lipinski definition) is 2. The SMILES string of the molecule is COc1ccccc1C(CCNC(=O)C1Cc2cc(NC(C)=O)ccc2N2C[C@H]3C[C@H](c4cccc(=O)n4C3)[C@H]12)c1ccco1. The molecule has 2 amide bonds. The predicted octanol–water partition coefficient (Wildman–Crippen LogP) is 4.91. The highest BCUT2D eigenvalue weighted by atomic mass is 16.5. The molecule has 4 aromatic rings. The number of carbonyl (C=O) groups excluding carboxylic acids is 2. The molecule has 2 aromatic heterocycles. The molecule has 2 unspecified atom stereocenters. The molecule has 45 heavy (non-hydrogen) atoms.